The molecule has 2 rings (SSSR count). The Bertz CT molecular complexity index is 692. The van der Waals surface area contributed by atoms with Crippen molar-refractivity contribution < 1.29 is 4.79 Å². The lowest BCUT2D eigenvalue weighted by atomic mass is 10.1. The van der Waals surface area contributed by atoms with E-state index in [0.29, 0.717) is 12.8 Å². The van der Waals surface area contributed by atoms with Crippen LogP contribution >= 0.6 is 11.8 Å². The van der Waals surface area contributed by atoms with Crippen LogP contribution in [0.3, 0.4) is 0 Å². The summed E-state index contributed by atoms with van der Waals surface area (Å²) in [4.78, 5) is 23.1. The van der Waals surface area contributed by atoms with Crippen molar-refractivity contribution in [2.45, 2.75) is 38.8 Å². The Kier molecular flexibility index (Phi) is 5.77. The summed E-state index contributed by atoms with van der Waals surface area (Å²) in [5.41, 5.74) is 5.09. The lowest BCUT2D eigenvalue weighted by molar-refractivity contribution is -0.118. The van der Waals surface area contributed by atoms with Gasteiger partial charge < -0.3 is 4.90 Å². The fourth-order valence-electron chi connectivity index (χ4n) is 2.54. The Morgan fingerprint density at radius 2 is 1.83 bits per heavy atom. The highest BCUT2D eigenvalue weighted by Crippen LogP contribution is 2.19. The molecule has 0 aliphatic rings. The molecule has 0 atom stereocenters. The number of hydrogen-bond acceptors (Lipinski definition) is 4. The van der Waals surface area contributed by atoms with E-state index >= 15 is 0 Å². The van der Waals surface area contributed by atoms with Crippen LogP contribution in [0.25, 0.3) is 0 Å². The first-order valence-corrected chi connectivity index (χ1v) is 8.86. The van der Waals surface area contributed by atoms with Crippen LogP contribution < -0.4 is 4.90 Å². The number of carbonyl (C=O) groups is 1. The van der Waals surface area contributed by atoms with Crippen molar-refractivity contribution >= 4 is 23.4 Å². The first kappa shape index (κ1) is 17.5. The SMILES string of the molecule is CSc1nc(C)c(CCC(=O)N(C)c2cccc(C)c2)c(C)n1. The Morgan fingerprint density at radius 3 is 2.39 bits per heavy atom. The molecule has 5 heteroatoms. The van der Waals surface area contributed by atoms with E-state index in [0.717, 1.165) is 33.4 Å². The number of hydrogen-bond donors (Lipinski definition) is 0. The highest BCUT2D eigenvalue weighted by Gasteiger charge is 2.14. The highest BCUT2D eigenvalue weighted by atomic mass is 32.2. The molecule has 1 amide bonds. The van der Waals surface area contributed by atoms with Gasteiger partial charge in [0, 0.05) is 30.5 Å². The van der Waals surface area contributed by atoms with Gasteiger partial charge in [-0.3, -0.25) is 4.79 Å². The molecule has 1 aromatic heterocycles. The highest BCUT2D eigenvalue weighted by molar-refractivity contribution is 7.98. The summed E-state index contributed by atoms with van der Waals surface area (Å²) < 4.78 is 0. The van der Waals surface area contributed by atoms with E-state index in [9.17, 15) is 4.79 Å². The second kappa shape index (κ2) is 7.59. The van der Waals surface area contributed by atoms with Crippen LogP contribution in [0.2, 0.25) is 0 Å². The Hall–Kier alpha value is -1.88. The number of benzene rings is 1. The van der Waals surface area contributed by atoms with Crippen LogP contribution in [0.15, 0.2) is 29.4 Å². The largest absolute Gasteiger partial charge is 0.315 e. The van der Waals surface area contributed by atoms with E-state index in [1.165, 1.54) is 11.8 Å². The van der Waals surface area contributed by atoms with Gasteiger partial charge in [-0.15, -0.1) is 0 Å². The maximum atomic E-state index is 12.5. The molecule has 0 N–H and O–H groups in total. The van der Waals surface area contributed by atoms with Gasteiger partial charge in [-0.25, -0.2) is 9.97 Å². The zero-order chi connectivity index (χ0) is 17.0. The lowest BCUT2D eigenvalue weighted by Crippen LogP contribution is -2.26. The third-order valence-corrected chi connectivity index (χ3v) is 4.48. The normalized spacial score (nSPS) is 10.7. The van der Waals surface area contributed by atoms with Gasteiger partial charge in [-0.1, -0.05) is 23.9 Å². The van der Waals surface area contributed by atoms with Gasteiger partial charge >= 0.3 is 0 Å². The van der Waals surface area contributed by atoms with E-state index in [4.69, 9.17) is 0 Å². The van der Waals surface area contributed by atoms with Crippen LogP contribution in [0, 0.1) is 20.8 Å². The molecule has 122 valence electrons. The number of anilines is 1. The fraction of sp³-hybridized carbons (Fsp3) is 0.389. The van der Waals surface area contributed by atoms with Crippen molar-refractivity contribution in [3.8, 4) is 0 Å². The van der Waals surface area contributed by atoms with Crippen LogP contribution in [-0.2, 0) is 11.2 Å². The summed E-state index contributed by atoms with van der Waals surface area (Å²) in [5.74, 6) is 0.100. The molecule has 23 heavy (non-hydrogen) atoms. The average Bonchev–Trinajstić information content (AvgIpc) is 2.52. The van der Waals surface area contributed by atoms with Gasteiger partial charge in [0.1, 0.15) is 0 Å². The Balaban J connectivity index is 2.07. The molecular formula is C18H23N3OS. The zero-order valence-corrected chi connectivity index (χ0v) is 15.2. The van der Waals surface area contributed by atoms with E-state index in [-0.39, 0.29) is 5.91 Å². The van der Waals surface area contributed by atoms with Crippen molar-refractivity contribution in [1.29, 1.82) is 0 Å². The maximum Gasteiger partial charge on any atom is 0.227 e. The molecule has 0 unspecified atom stereocenters. The predicted molar refractivity (Wildman–Crippen MR) is 96.2 cm³/mol. The quantitative estimate of drug-likeness (QED) is 0.619. The summed E-state index contributed by atoms with van der Waals surface area (Å²) in [7, 11) is 1.82. The lowest BCUT2D eigenvalue weighted by Gasteiger charge is -2.18. The summed E-state index contributed by atoms with van der Waals surface area (Å²) in [6, 6.07) is 7.97. The summed E-state index contributed by atoms with van der Waals surface area (Å²) >= 11 is 1.54. The van der Waals surface area contributed by atoms with Crippen molar-refractivity contribution in [3.63, 3.8) is 0 Å². The number of aromatic nitrogens is 2. The average molecular weight is 329 g/mol. The number of rotatable bonds is 5. The van der Waals surface area contributed by atoms with Crippen molar-refractivity contribution in [2.24, 2.45) is 0 Å². The molecule has 0 spiro atoms. The second-order valence-corrected chi connectivity index (χ2v) is 6.42. The minimum atomic E-state index is 0.100. The van der Waals surface area contributed by atoms with E-state index in [2.05, 4.69) is 9.97 Å². The van der Waals surface area contributed by atoms with Gasteiger partial charge in [-0.05, 0) is 56.7 Å². The predicted octanol–water partition coefficient (Wildman–Crippen LogP) is 3.72. The molecule has 0 radical (unpaired) electrons. The van der Waals surface area contributed by atoms with Gasteiger partial charge in [-0.2, -0.15) is 0 Å². The number of amides is 1. The minimum absolute atomic E-state index is 0.100. The fourth-order valence-corrected chi connectivity index (χ4v) is 3.00. The van der Waals surface area contributed by atoms with Crippen LogP contribution in [0.5, 0.6) is 0 Å². The molecule has 0 fully saturated rings. The molecule has 0 saturated heterocycles. The molecule has 1 aromatic carbocycles. The van der Waals surface area contributed by atoms with Gasteiger partial charge in [0.25, 0.3) is 0 Å². The number of nitrogens with zero attached hydrogens (tertiary/aromatic N) is 3. The van der Waals surface area contributed by atoms with Gasteiger partial charge in [0.15, 0.2) is 5.16 Å². The standard InChI is InChI=1S/C18H23N3OS/c1-12-7-6-8-15(11-12)21(4)17(22)10-9-16-13(2)19-18(23-5)20-14(16)3/h6-8,11H,9-10H2,1-5H3. The van der Waals surface area contributed by atoms with Crippen LogP contribution in [0.4, 0.5) is 5.69 Å². The smallest absolute Gasteiger partial charge is 0.227 e. The zero-order valence-electron chi connectivity index (χ0n) is 14.4. The Morgan fingerprint density at radius 1 is 1.17 bits per heavy atom. The van der Waals surface area contributed by atoms with E-state index < -0.39 is 0 Å². The van der Waals surface area contributed by atoms with Crippen molar-refractivity contribution in [2.75, 3.05) is 18.2 Å². The Labute approximate surface area is 142 Å². The van der Waals surface area contributed by atoms with E-state index in [1.807, 2.05) is 58.3 Å². The van der Waals surface area contributed by atoms with Crippen molar-refractivity contribution in [3.05, 3.63) is 46.8 Å². The first-order valence-electron chi connectivity index (χ1n) is 7.63. The third kappa shape index (κ3) is 4.32. The number of aryl methyl sites for hydroxylation is 3. The third-order valence-electron chi connectivity index (χ3n) is 3.93. The minimum Gasteiger partial charge on any atom is -0.315 e. The monoisotopic (exact) mass is 329 g/mol. The first-order chi connectivity index (χ1) is 10.9. The summed E-state index contributed by atoms with van der Waals surface area (Å²) in [6.07, 6.45) is 3.09. The maximum absolute atomic E-state index is 12.5. The number of thioether (sulfide) groups is 1. The molecule has 0 aliphatic carbocycles. The molecule has 0 bridgehead atoms. The topological polar surface area (TPSA) is 46.1 Å². The molecule has 2 aromatic rings. The molecule has 0 aliphatic heterocycles. The summed E-state index contributed by atoms with van der Waals surface area (Å²) in [5, 5.41) is 0.784. The van der Waals surface area contributed by atoms with E-state index in [1.54, 1.807) is 4.90 Å². The molecular weight excluding hydrogens is 306 g/mol. The molecule has 4 nitrogen and oxygen atoms in total. The molecule has 1 heterocycles. The molecule has 0 saturated carbocycles. The van der Waals surface area contributed by atoms with Crippen molar-refractivity contribution in [1.82, 2.24) is 9.97 Å². The van der Waals surface area contributed by atoms with Gasteiger partial charge in [0.2, 0.25) is 5.91 Å². The van der Waals surface area contributed by atoms with Gasteiger partial charge in [0.05, 0.1) is 0 Å². The number of carbonyl (C=O) groups excluding carboxylic acids is 1. The second-order valence-electron chi connectivity index (χ2n) is 5.65. The van der Waals surface area contributed by atoms with Crippen LogP contribution in [0.1, 0.15) is 28.9 Å². The summed E-state index contributed by atoms with van der Waals surface area (Å²) in [6.45, 7) is 6.00. The van der Waals surface area contributed by atoms with Crippen LogP contribution in [-0.4, -0.2) is 29.2 Å².